The number of benzene rings is 2. The van der Waals surface area contributed by atoms with Crippen molar-refractivity contribution in [3.05, 3.63) is 54.1 Å². The predicted octanol–water partition coefficient (Wildman–Crippen LogP) is 3.76. The van der Waals surface area contributed by atoms with E-state index in [1.54, 1.807) is 0 Å². The first-order valence-corrected chi connectivity index (χ1v) is 6.80. The van der Waals surface area contributed by atoms with Crippen LogP contribution in [0.4, 0.5) is 5.13 Å². The summed E-state index contributed by atoms with van der Waals surface area (Å²) < 4.78 is 0. The second kappa shape index (κ2) is 4.82. The molecule has 2 aromatic carbocycles. The average Bonchev–Trinajstić information content (AvgIpc) is 2.87. The number of aromatic nitrogens is 2. The molecule has 94 valence electrons. The molecule has 0 saturated heterocycles. The van der Waals surface area contributed by atoms with Crippen LogP contribution in [0.5, 0.6) is 0 Å². The fourth-order valence-electron chi connectivity index (χ4n) is 1.90. The van der Waals surface area contributed by atoms with Gasteiger partial charge in [0.25, 0.3) is 0 Å². The van der Waals surface area contributed by atoms with E-state index in [0.29, 0.717) is 5.13 Å². The molecule has 1 aromatic heterocycles. The number of hydrogen-bond acceptors (Lipinski definition) is 4. The van der Waals surface area contributed by atoms with Crippen LogP contribution >= 0.6 is 11.3 Å². The van der Waals surface area contributed by atoms with Gasteiger partial charge in [0.15, 0.2) is 0 Å². The highest BCUT2D eigenvalue weighted by Gasteiger charge is 2.04. The van der Waals surface area contributed by atoms with Crippen molar-refractivity contribution in [3.8, 4) is 21.7 Å². The standard InChI is InChI=1S/C15H13N3S/c1-10-2-4-11(5-3-10)12-6-8-13(9-7-12)14-17-18-15(16)19-14/h2-9H,1H3,(H2,16,18). The summed E-state index contributed by atoms with van der Waals surface area (Å²) in [7, 11) is 0. The van der Waals surface area contributed by atoms with Crippen LogP contribution in [0.2, 0.25) is 0 Å². The third-order valence-corrected chi connectivity index (χ3v) is 3.76. The quantitative estimate of drug-likeness (QED) is 0.769. The summed E-state index contributed by atoms with van der Waals surface area (Å²) in [6, 6.07) is 16.8. The summed E-state index contributed by atoms with van der Waals surface area (Å²) in [4.78, 5) is 0. The van der Waals surface area contributed by atoms with Gasteiger partial charge in [-0.2, -0.15) is 0 Å². The highest BCUT2D eigenvalue weighted by atomic mass is 32.1. The molecule has 0 aliphatic rings. The lowest BCUT2D eigenvalue weighted by Gasteiger charge is -2.03. The molecule has 3 aromatic rings. The molecule has 19 heavy (non-hydrogen) atoms. The fourth-order valence-corrected chi connectivity index (χ4v) is 2.52. The molecule has 0 unspecified atom stereocenters. The second-order valence-corrected chi connectivity index (χ2v) is 5.40. The summed E-state index contributed by atoms with van der Waals surface area (Å²) in [6.45, 7) is 2.09. The van der Waals surface area contributed by atoms with Gasteiger partial charge >= 0.3 is 0 Å². The number of nitrogens with zero attached hydrogens (tertiary/aromatic N) is 2. The third kappa shape index (κ3) is 2.48. The van der Waals surface area contributed by atoms with Gasteiger partial charge in [0.2, 0.25) is 5.13 Å². The molecule has 0 fully saturated rings. The van der Waals surface area contributed by atoms with Crippen LogP contribution in [0.15, 0.2) is 48.5 Å². The van der Waals surface area contributed by atoms with Crippen molar-refractivity contribution in [3.63, 3.8) is 0 Å². The zero-order valence-corrected chi connectivity index (χ0v) is 11.3. The Morgan fingerprint density at radius 1 is 0.789 bits per heavy atom. The molecule has 2 N–H and O–H groups in total. The average molecular weight is 267 g/mol. The van der Waals surface area contributed by atoms with E-state index in [2.05, 4.69) is 65.7 Å². The maximum Gasteiger partial charge on any atom is 0.203 e. The Kier molecular flexibility index (Phi) is 3.01. The van der Waals surface area contributed by atoms with Crippen LogP contribution in [0.1, 0.15) is 5.56 Å². The number of aryl methyl sites for hydroxylation is 1. The maximum atomic E-state index is 5.60. The lowest BCUT2D eigenvalue weighted by atomic mass is 10.0. The molecule has 0 radical (unpaired) electrons. The Morgan fingerprint density at radius 3 is 1.84 bits per heavy atom. The Balaban J connectivity index is 1.92. The van der Waals surface area contributed by atoms with E-state index in [4.69, 9.17) is 5.73 Å². The molecule has 0 saturated carbocycles. The molecule has 0 aliphatic heterocycles. The number of rotatable bonds is 2. The molecule has 0 amide bonds. The lowest BCUT2D eigenvalue weighted by Crippen LogP contribution is -1.81. The van der Waals surface area contributed by atoms with E-state index in [-0.39, 0.29) is 0 Å². The zero-order valence-electron chi connectivity index (χ0n) is 10.5. The molecule has 3 nitrogen and oxygen atoms in total. The normalized spacial score (nSPS) is 10.6. The number of anilines is 1. The first-order valence-electron chi connectivity index (χ1n) is 5.99. The summed E-state index contributed by atoms with van der Waals surface area (Å²) in [5.74, 6) is 0. The molecular weight excluding hydrogens is 254 g/mol. The van der Waals surface area contributed by atoms with Gasteiger partial charge in [0, 0.05) is 5.56 Å². The van der Waals surface area contributed by atoms with E-state index < -0.39 is 0 Å². The van der Waals surface area contributed by atoms with Gasteiger partial charge < -0.3 is 5.73 Å². The van der Waals surface area contributed by atoms with Crippen molar-refractivity contribution in [1.82, 2.24) is 10.2 Å². The summed E-state index contributed by atoms with van der Waals surface area (Å²) in [5, 5.41) is 9.23. The molecule has 3 rings (SSSR count). The van der Waals surface area contributed by atoms with Crippen LogP contribution in [0.25, 0.3) is 21.7 Å². The Labute approximate surface area is 115 Å². The smallest absolute Gasteiger partial charge is 0.203 e. The van der Waals surface area contributed by atoms with Crippen molar-refractivity contribution in [2.45, 2.75) is 6.92 Å². The van der Waals surface area contributed by atoms with Crippen molar-refractivity contribution in [2.75, 3.05) is 5.73 Å². The van der Waals surface area contributed by atoms with Gasteiger partial charge in [-0.15, -0.1) is 10.2 Å². The highest BCUT2D eigenvalue weighted by molar-refractivity contribution is 7.18. The van der Waals surface area contributed by atoms with Crippen LogP contribution in [0, 0.1) is 6.92 Å². The van der Waals surface area contributed by atoms with E-state index >= 15 is 0 Å². The minimum absolute atomic E-state index is 0.498. The van der Waals surface area contributed by atoms with Crippen molar-refractivity contribution in [2.24, 2.45) is 0 Å². The minimum atomic E-state index is 0.498. The zero-order chi connectivity index (χ0) is 13.2. The van der Waals surface area contributed by atoms with Crippen LogP contribution < -0.4 is 5.73 Å². The monoisotopic (exact) mass is 267 g/mol. The predicted molar refractivity (Wildman–Crippen MR) is 79.9 cm³/mol. The summed E-state index contributed by atoms with van der Waals surface area (Å²) >= 11 is 1.40. The Morgan fingerprint density at radius 2 is 1.32 bits per heavy atom. The molecule has 0 spiro atoms. The number of hydrogen-bond donors (Lipinski definition) is 1. The van der Waals surface area contributed by atoms with Gasteiger partial charge in [-0.25, -0.2) is 0 Å². The lowest BCUT2D eigenvalue weighted by molar-refractivity contribution is 1.10. The Bertz CT molecular complexity index is 684. The summed E-state index contributed by atoms with van der Waals surface area (Å²) in [6.07, 6.45) is 0. The first-order chi connectivity index (χ1) is 9.22. The molecule has 1 heterocycles. The van der Waals surface area contributed by atoms with Crippen LogP contribution in [0.3, 0.4) is 0 Å². The van der Waals surface area contributed by atoms with Gasteiger partial charge in [-0.3, -0.25) is 0 Å². The van der Waals surface area contributed by atoms with E-state index in [1.807, 2.05) is 0 Å². The summed E-state index contributed by atoms with van der Waals surface area (Å²) in [5.41, 5.74) is 10.3. The van der Waals surface area contributed by atoms with E-state index in [1.165, 1.54) is 28.0 Å². The van der Waals surface area contributed by atoms with E-state index in [0.717, 1.165) is 10.6 Å². The first kappa shape index (κ1) is 11.9. The second-order valence-electron chi connectivity index (χ2n) is 4.39. The molecule has 0 atom stereocenters. The SMILES string of the molecule is Cc1ccc(-c2ccc(-c3nnc(N)s3)cc2)cc1. The molecule has 0 aliphatic carbocycles. The Hall–Kier alpha value is -2.20. The van der Waals surface area contributed by atoms with Gasteiger partial charge in [-0.1, -0.05) is 65.4 Å². The van der Waals surface area contributed by atoms with Crippen LogP contribution in [-0.2, 0) is 0 Å². The maximum absolute atomic E-state index is 5.60. The van der Waals surface area contributed by atoms with Crippen molar-refractivity contribution < 1.29 is 0 Å². The minimum Gasteiger partial charge on any atom is -0.374 e. The fraction of sp³-hybridized carbons (Fsp3) is 0.0667. The van der Waals surface area contributed by atoms with Crippen molar-refractivity contribution in [1.29, 1.82) is 0 Å². The molecule has 4 heteroatoms. The van der Waals surface area contributed by atoms with Gasteiger partial charge in [-0.05, 0) is 18.1 Å². The topological polar surface area (TPSA) is 51.8 Å². The highest BCUT2D eigenvalue weighted by Crippen LogP contribution is 2.27. The third-order valence-electron chi connectivity index (χ3n) is 2.96. The molecular formula is C15H13N3S. The van der Waals surface area contributed by atoms with Crippen LogP contribution in [-0.4, -0.2) is 10.2 Å². The number of nitrogen functional groups attached to an aromatic ring is 1. The largest absolute Gasteiger partial charge is 0.374 e. The number of nitrogens with two attached hydrogens (primary N) is 1. The van der Waals surface area contributed by atoms with E-state index in [9.17, 15) is 0 Å². The van der Waals surface area contributed by atoms with Gasteiger partial charge in [0.05, 0.1) is 0 Å². The molecule has 0 bridgehead atoms. The van der Waals surface area contributed by atoms with Gasteiger partial charge in [0.1, 0.15) is 5.01 Å². The van der Waals surface area contributed by atoms with Crippen molar-refractivity contribution >= 4 is 16.5 Å².